The van der Waals surface area contributed by atoms with E-state index in [0.29, 0.717) is 12.3 Å². The van der Waals surface area contributed by atoms with E-state index in [0.717, 1.165) is 12.5 Å². The van der Waals surface area contributed by atoms with E-state index >= 15 is 0 Å². The van der Waals surface area contributed by atoms with Gasteiger partial charge in [0.15, 0.2) is 0 Å². The molecular formula is C12H22N2O. The minimum absolute atomic E-state index is 0.0472. The summed E-state index contributed by atoms with van der Waals surface area (Å²) in [6.45, 7) is 6.61. The molecule has 0 spiro atoms. The van der Waals surface area contributed by atoms with Gasteiger partial charge in [0.1, 0.15) is 0 Å². The Morgan fingerprint density at radius 1 is 1.67 bits per heavy atom. The lowest BCUT2D eigenvalue weighted by molar-refractivity contribution is -0.122. The number of nitrogens with two attached hydrogens (primary N) is 1. The van der Waals surface area contributed by atoms with E-state index in [-0.39, 0.29) is 5.91 Å². The monoisotopic (exact) mass is 210 g/mol. The SMILES string of the molecule is C=CCC(N)C(=O)NCC1CCCC1C. The Balaban J connectivity index is 2.24. The van der Waals surface area contributed by atoms with Crippen LogP contribution >= 0.6 is 0 Å². The first-order valence-corrected chi connectivity index (χ1v) is 5.79. The van der Waals surface area contributed by atoms with Crippen molar-refractivity contribution in [2.45, 2.75) is 38.6 Å². The molecule has 0 radical (unpaired) electrons. The lowest BCUT2D eigenvalue weighted by Crippen LogP contribution is -2.42. The molecular weight excluding hydrogens is 188 g/mol. The largest absolute Gasteiger partial charge is 0.354 e. The van der Waals surface area contributed by atoms with Crippen molar-refractivity contribution in [3.05, 3.63) is 12.7 Å². The molecule has 0 heterocycles. The van der Waals surface area contributed by atoms with Crippen LogP contribution in [0, 0.1) is 11.8 Å². The Morgan fingerprint density at radius 3 is 2.93 bits per heavy atom. The zero-order valence-corrected chi connectivity index (χ0v) is 9.54. The summed E-state index contributed by atoms with van der Waals surface area (Å²) in [4.78, 5) is 11.5. The van der Waals surface area contributed by atoms with Crippen LogP contribution in [0.15, 0.2) is 12.7 Å². The molecule has 1 aliphatic rings. The molecule has 3 nitrogen and oxygen atoms in total. The zero-order valence-electron chi connectivity index (χ0n) is 9.54. The highest BCUT2D eigenvalue weighted by Gasteiger charge is 2.24. The van der Waals surface area contributed by atoms with Crippen molar-refractivity contribution in [1.82, 2.24) is 5.32 Å². The van der Waals surface area contributed by atoms with Gasteiger partial charge >= 0.3 is 0 Å². The second kappa shape index (κ2) is 5.91. The van der Waals surface area contributed by atoms with Gasteiger partial charge in [-0.25, -0.2) is 0 Å². The summed E-state index contributed by atoms with van der Waals surface area (Å²) >= 11 is 0. The van der Waals surface area contributed by atoms with Crippen molar-refractivity contribution in [3.63, 3.8) is 0 Å². The first-order valence-electron chi connectivity index (χ1n) is 5.79. The molecule has 1 amide bonds. The van der Waals surface area contributed by atoms with Gasteiger partial charge in [-0.1, -0.05) is 25.8 Å². The summed E-state index contributed by atoms with van der Waals surface area (Å²) in [5.41, 5.74) is 5.66. The number of nitrogens with one attached hydrogen (secondary N) is 1. The fourth-order valence-corrected chi connectivity index (χ4v) is 2.17. The number of carbonyl (C=O) groups is 1. The van der Waals surface area contributed by atoms with Crippen molar-refractivity contribution in [2.75, 3.05) is 6.54 Å². The molecule has 1 saturated carbocycles. The number of hydrogen-bond acceptors (Lipinski definition) is 2. The molecule has 0 aliphatic heterocycles. The molecule has 0 aromatic rings. The summed E-state index contributed by atoms with van der Waals surface area (Å²) in [6.07, 6.45) is 6.05. The molecule has 0 aromatic heterocycles. The smallest absolute Gasteiger partial charge is 0.237 e. The van der Waals surface area contributed by atoms with E-state index in [2.05, 4.69) is 18.8 Å². The topological polar surface area (TPSA) is 55.1 Å². The van der Waals surface area contributed by atoms with Gasteiger partial charge in [-0.2, -0.15) is 0 Å². The van der Waals surface area contributed by atoms with Crippen molar-refractivity contribution in [3.8, 4) is 0 Å². The van der Waals surface area contributed by atoms with E-state index < -0.39 is 6.04 Å². The first kappa shape index (κ1) is 12.2. The van der Waals surface area contributed by atoms with Gasteiger partial charge in [0, 0.05) is 6.54 Å². The van der Waals surface area contributed by atoms with Gasteiger partial charge in [0.2, 0.25) is 5.91 Å². The van der Waals surface area contributed by atoms with Gasteiger partial charge in [0.05, 0.1) is 6.04 Å². The average Bonchev–Trinajstić information content (AvgIpc) is 2.61. The number of hydrogen-bond donors (Lipinski definition) is 2. The van der Waals surface area contributed by atoms with E-state index in [9.17, 15) is 4.79 Å². The van der Waals surface area contributed by atoms with Crippen LogP contribution in [0.1, 0.15) is 32.6 Å². The lowest BCUT2D eigenvalue weighted by Gasteiger charge is -2.17. The van der Waals surface area contributed by atoms with Crippen LogP contribution < -0.4 is 11.1 Å². The second-order valence-electron chi connectivity index (χ2n) is 4.54. The van der Waals surface area contributed by atoms with Gasteiger partial charge in [-0.15, -0.1) is 6.58 Å². The molecule has 3 atom stereocenters. The summed E-state index contributed by atoms with van der Waals surface area (Å²) in [5, 5.41) is 2.93. The van der Waals surface area contributed by atoms with Gasteiger partial charge in [0.25, 0.3) is 0 Å². The second-order valence-corrected chi connectivity index (χ2v) is 4.54. The molecule has 86 valence electrons. The van der Waals surface area contributed by atoms with Crippen LogP contribution in [0.3, 0.4) is 0 Å². The highest BCUT2D eigenvalue weighted by Crippen LogP contribution is 2.30. The fraction of sp³-hybridized carbons (Fsp3) is 0.750. The lowest BCUT2D eigenvalue weighted by atomic mass is 9.98. The van der Waals surface area contributed by atoms with Crippen molar-refractivity contribution < 1.29 is 4.79 Å². The summed E-state index contributed by atoms with van der Waals surface area (Å²) < 4.78 is 0. The molecule has 0 bridgehead atoms. The molecule has 1 rings (SSSR count). The maximum Gasteiger partial charge on any atom is 0.237 e. The summed E-state index contributed by atoms with van der Waals surface area (Å²) in [5.74, 6) is 1.33. The van der Waals surface area contributed by atoms with Crippen LogP contribution in [0.4, 0.5) is 0 Å². The summed E-state index contributed by atoms with van der Waals surface area (Å²) in [7, 11) is 0. The predicted molar refractivity (Wildman–Crippen MR) is 62.3 cm³/mol. The highest BCUT2D eigenvalue weighted by atomic mass is 16.2. The van der Waals surface area contributed by atoms with E-state index in [1.165, 1.54) is 19.3 Å². The number of amides is 1. The minimum Gasteiger partial charge on any atom is -0.354 e. The molecule has 0 aromatic carbocycles. The van der Waals surface area contributed by atoms with Crippen LogP contribution in [-0.2, 0) is 4.79 Å². The molecule has 15 heavy (non-hydrogen) atoms. The molecule has 3 unspecified atom stereocenters. The van der Waals surface area contributed by atoms with Crippen LogP contribution in [0.2, 0.25) is 0 Å². The first-order chi connectivity index (χ1) is 7.15. The number of rotatable bonds is 5. The minimum atomic E-state index is -0.431. The van der Waals surface area contributed by atoms with E-state index in [1.807, 2.05) is 0 Å². The van der Waals surface area contributed by atoms with Crippen molar-refractivity contribution in [1.29, 1.82) is 0 Å². The fourth-order valence-electron chi connectivity index (χ4n) is 2.17. The standard InChI is InChI=1S/C12H22N2O/c1-3-5-11(13)12(15)14-8-10-7-4-6-9(10)2/h3,9-11H,1,4-8,13H2,2H3,(H,14,15). The van der Waals surface area contributed by atoms with E-state index in [1.54, 1.807) is 6.08 Å². The Kier molecular flexibility index (Phi) is 4.82. The molecule has 3 N–H and O–H groups in total. The van der Waals surface area contributed by atoms with Gasteiger partial charge in [-0.3, -0.25) is 4.79 Å². The Bertz CT molecular complexity index is 228. The maximum atomic E-state index is 11.5. The van der Waals surface area contributed by atoms with Crippen LogP contribution in [0.5, 0.6) is 0 Å². The van der Waals surface area contributed by atoms with Crippen molar-refractivity contribution >= 4 is 5.91 Å². The third-order valence-electron chi connectivity index (χ3n) is 3.33. The van der Waals surface area contributed by atoms with Gasteiger partial charge in [-0.05, 0) is 24.7 Å². The normalized spacial score (nSPS) is 27.3. The average molecular weight is 210 g/mol. The third-order valence-corrected chi connectivity index (χ3v) is 3.33. The Hall–Kier alpha value is -0.830. The molecule has 3 heteroatoms. The Morgan fingerprint density at radius 2 is 2.40 bits per heavy atom. The number of carbonyl (C=O) groups excluding carboxylic acids is 1. The summed E-state index contributed by atoms with van der Waals surface area (Å²) in [6, 6.07) is -0.431. The van der Waals surface area contributed by atoms with Crippen LogP contribution in [-0.4, -0.2) is 18.5 Å². The quantitative estimate of drug-likeness (QED) is 0.675. The predicted octanol–water partition coefficient (Wildman–Crippen LogP) is 1.44. The zero-order chi connectivity index (χ0) is 11.3. The van der Waals surface area contributed by atoms with E-state index in [4.69, 9.17) is 5.73 Å². The molecule has 0 saturated heterocycles. The highest BCUT2D eigenvalue weighted by molar-refractivity contribution is 5.81. The third kappa shape index (κ3) is 3.67. The Labute approximate surface area is 92.1 Å². The van der Waals surface area contributed by atoms with Gasteiger partial charge < -0.3 is 11.1 Å². The van der Waals surface area contributed by atoms with Crippen LogP contribution in [0.25, 0.3) is 0 Å². The maximum absolute atomic E-state index is 11.5. The van der Waals surface area contributed by atoms with Crippen molar-refractivity contribution in [2.24, 2.45) is 17.6 Å². The molecule has 1 aliphatic carbocycles. The molecule has 1 fully saturated rings.